The van der Waals surface area contributed by atoms with Crippen molar-refractivity contribution in [1.29, 1.82) is 0 Å². The fourth-order valence-corrected chi connectivity index (χ4v) is 9.66. The second-order valence-corrected chi connectivity index (χ2v) is 15.5. The number of allylic oxidation sites excluding steroid dienone is 2. The van der Waals surface area contributed by atoms with Crippen LogP contribution in [0.5, 0.6) is 11.5 Å². The lowest BCUT2D eigenvalue weighted by molar-refractivity contribution is -0.138. The minimum Gasteiger partial charge on any atom is -0.508 e. The van der Waals surface area contributed by atoms with Gasteiger partial charge in [0, 0.05) is 22.6 Å². The molecular weight excluding hydrogens is 726 g/mol. The quantitative estimate of drug-likeness (QED) is 0.121. The highest BCUT2D eigenvalue weighted by Crippen LogP contribution is 2.65. The number of benzene rings is 5. The van der Waals surface area contributed by atoms with Gasteiger partial charge in [0.1, 0.15) is 18.1 Å². The summed E-state index contributed by atoms with van der Waals surface area (Å²) in [6.45, 7) is 2.23. The molecule has 5 aromatic carbocycles. The zero-order valence-corrected chi connectivity index (χ0v) is 31.2. The summed E-state index contributed by atoms with van der Waals surface area (Å²) in [4.78, 5) is 60.2. The maximum Gasteiger partial charge on any atom is 0.260 e. The van der Waals surface area contributed by atoms with Crippen molar-refractivity contribution in [2.45, 2.75) is 37.7 Å². The van der Waals surface area contributed by atoms with E-state index in [1.165, 1.54) is 11.0 Å². The van der Waals surface area contributed by atoms with E-state index in [0.29, 0.717) is 33.3 Å². The minimum atomic E-state index is -1.52. The van der Waals surface area contributed by atoms with Crippen LogP contribution >= 0.6 is 11.6 Å². The first-order chi connectivity index (χ1) is 27.2. The molecule has 0 unspecified atom stereocenters. The molecule has 6 atom stereocenters. The van der Waals surface area contributed by atoms with Crippen molar-refractivity contribution in [2.24, 2.45) is 23.7 Å². The molecular formula is C46H38ClN3O6. The third-order valence-corrected chi connectivity index (χ3v) is 12.3. The number of aromatic hydroxyl groups is 1. The van der Waals surface area contributed by atoms with Crippen molar-refractivity contribution in [1.82, 2.24) is 5.01 Å². The number of nitrogens with zero attached hydrogens (tertiary/aromatic N) is 2. The highest BCUT2D eigenvalue weighted by molar-refractivity contribution is 6.31. The van der Waals surface area contributed by atoms with Crippen LogP contribution in [0.25, 0.3) is 0 Å². The molecule has 0 bridgehead atoms. The number of halogens is 1. The number of anilines is 2. The number of aryl methyl sites for hydroxylation is 1. The van der Waals surface area contributed by atoms with Crippen LogP contribution in [0.4, 0.5) is 11.4 Å². The van der Waals surface area contributed by atoms with Crippen LogP contribution < -0.4 is 15.1 Å². The Morgan fingerprint density at radius 2 is 1.50 bits per heavy atom. The number of nitrogens with one attached hydrogen (secondary N) is 1. The zero-order chi connectivity index (χ0) is 38.7. The lowest BCUT2D eigenvalue weighted by Crippen LogP contribution is -2.53. The number of hydrogen-bond acceptors (Lipinski definition) is 7. The van der Waals surface area contributed by atoms with Crippen LogP contribution in [0.3, 0.4) is 0 Å². The Balaban J connectivity index is 1.19. The van der Waals surface area contributed by atoms with Gasteiger partial charge < -0.3 is 9.84 Å². The third-order valence-electron chi connectivity index (χ3n) is 12.0. The van der Waals surface area contributed by atoms with Crippen molar-refractivity contribution >= 4 is 46.6 Å². The summed E-state index contributed by atoms with van der Waals surface area (Å²) in [5.74, 6) is -5.13. The molecule has 0 radical (unpaired) electrons. The lowest BCUT2D eigenvalue weighted by atomic mass is 9.49. The Bertz CT molecular complexity index is 2400. The van der Waals surface area contributed by atoms with Crippen LogP contribution in [-0.2, 0) is 31.2 Å². The molecule has 3 fully saturated rings. The van der Waals surface area contributed by atoms with Crippen LogP contribution in [-0.4, -0.2) is 33.7 Å². The van der Waals surface area contributed by atoms with Crippen molar-refractivity contribution in [3.8, 4) is 11.5 Å². The Morgan fingerprint density at radius 3 is 2.20 bits per heavy atom. The summed E-state index contributed by atoms with van der Waals surface area (Å²) in [7, 11) is 0. The smallest absolute Gasteiger partial charge is 0.260 e. The highest BCUT2D eigenvalue weighted by Gasteiger charge is 2.70. The summed E-state index contributed by atoms with van der Waals surface area (Å²) < 4.78 is 6.08. The van der Waals surface area contributed by atoms with Crippen molar-refractivity contribution < 1.29 is 29.0 Å². The van der Waals surface area contributed by atoms with E-state index in [-0.39, 0.29) is 37.0 Å². The van der Waals surface area contributed by atoms with Crippen molar-refractivity contribution in [3.63, 3.8) is 0 Å². The summed E-state index contributed by atoms with van der Waals surface area (Å²) >= 11 is 6.16. The predicted octanol–water partition coefficient (Wildman–Crippen LogP) is 8.12. The molecule has 1 saturated carbocycles. The van der Waals surface area contributed by atoms with E-state index in [0.717, 1.165) is 21.7 Å². The maximum atomic E-state index is 15.4. The first-order valence-corrected chi connectivity index (χ1v) is 19.1. The summed E-state index contributed by atoms with van der Waals surface area (Å²) in [6.07, 6.45) is 2.37. The second kappa shape index (κ2) is 13.8. The molecule has 2 N–H and O–H groups in total. The SMILES string of the molecule is Cc1ccc(NN2C(=O)[C@@H]3C[C@@H]4C(=CC[C@@H]5C(=O)N(c6ccc(Cl)cc6)C(=O)[C@@H]54)[C@H](c4ccc(OCc5ccccc5)cc4O)[C@]3(c3ccccc3)C2=O)cc1. The summed E-state index contributed by atoms with van der Waals surface area (Å²) in [6, 6.07) is 38.0. The van der Waals surface area contributed by atoms with Crippen molar-refractivity contribution in [3.05, 3.63) is 166 Å². The summed E-state index contributed by atoms with van der Waals surface area (Å²) in [5.41, 5.74) is 6.34. The van der Waals surface area contributed by atoms with Gasteiger partial charge in [-0.15, -0.1) is 0 Å². The number of hydrogen-bond donors (Lipinski definition) is 2. The molecule has 56 heavy (non-hydrogen) atoms. The Morgan fingerprint density at radius 1 is 0.804 bits per heavy atom. The zero-order valence-electron chi connectivity index (χ0n) is 30.5. The van der Waals surface area contributed by atoms with E-state index < -0.39 is 46.8 Å². The van der Waals surface area contributed by atoms with Gasteiger partial charge in [0.2, 0.25) is 11.8 Å². The average Bonchev–Trinajstić information content (AvgIpc) is 3.60. The van der Waals surface area contributed by atoms with Gasteiger partial charge in [-0.25, -0.2) is 0 Å². The van der Waals surface area contributed by atoms with Gasteiger partial charge in [-0.3, -0.25) is 29.5 Å². The largest absolute Gasteiger partial charge is 0.508 e. The number of phenolic OH excluding ortho intramolecular Hbond substituents is 1. The molecule has 9 rings (SSSR count). The minimum absolute atomic E-state index is 0.111. The van der Waals surface area contributed by atoms with Gasteiger partial charge in [0.05, 0.1) is 34.5 Å². The van der Waals surface area contributed by atoms with E-state index in [1.807, 2.05) is 97.9 Å². The molecule has 2 heterocycles. The molecule has 2 aliphatic carbocycles. The van der Waals surface area contributed by atoms with Crippen LogP contribution in [0.1, 0.15) is 41.0 Å². The molecule has 10 heteroatoms. The Kier molecular flexibility index (Phi) is 8.77. The van der Waals surface area contributed by atoms with E-state index in [9.17, 15) is 19.5 Å². The number of rotatable bonds is 8. The number of phenols is 1. The molecule has 280 valence electrons. The molecule has 2 aliphatic heterocycles. The standard InChI is InChI=1S/C46H38ClN3O6/c1-27-12-16-31(17-13-27)48-50-43(53)38-25-37-34(22-23-36-40(37)44(54)49(42(36)52)32-18-14-30(47)15-19-32)41(46(38,45(50)55)29-10-6-3-7-11-29)35-21-20-33(24-39(35)51)56-26-28-8-4-2-5-9-28/h2-22,24,36-38,40-41,48,51H,23,25-26H2,1H3/t36-,37+,38-,40-,41+,46+/m0/s1. The van der Waals surface area contributed by atoms with Gasteiger partial charge in [0.15, 0.2) is 0 Å². The number of fused-ring (bicyclic) bond motifs is 4. The van der Waals surface area contributed by atoms with E-state index >= 15 is 4.79 Å². The van der Waals surface area contributed by atoms with Gasteiger partial charge in [-0.1, -0.05) is 108 Å². The first kappa shape index (κ1) is 35.5. The number of ether oxygens (including phenoxy) is 1. The van der Waals surface area contributed by atoms with Gasteiger partial charge in [-0.05, 0) is 79.3 Å². The normalized spacial score (nSPS) is 25.4. The van der Waals surface area contributed by atoms with Crippen molar-refractivity contribution in [2.75, 3.05) is 10.3 Å². The Hall–Kier alpha value is -6.19. The van der Waals surface area contributed by atoms with Crippen LogP contribution in [0.2, 0.25) is 5.02 Å². The fraction of sp³-hybridized carbons (Fsp3) is 0.217. The lowest BCUT2D eigenvalue weighted by Gasteiger charge is -2.50. The van der Waals surface area contributed by atoms with Gasteiger partial charge >= 0.3 is 0 Å². The third kappa shape index (κ3) is 5.60. The molecule has 0 aromatic heterocycles. The van der Waals surface area contributed by atoms with E-state index in [2.05, 4.69) is 5.43 Å². The Labute approximate surface area is 329 Å². The van der Waals surface area contributed by atoms with E-state index in [1.54, 1.807) is 36.4 Å². The van der Waals surface area contributed by atoms with Crippen LogP contribution in [0.15, 0.2) is 139 Å². The fourth-order valence-electron chi connectivity index (χ4n) is 9.53. The summed E-state index contributed by atoms with van der Waals surface area (Å²) in [5, 5.41) is 13.6. The molecule has 4 aliphatic rings. The number of imide groups is 2. The highest BCUT2D eigenvalue weighted by atomic mass is 35.5. The number of hydrazine groups is 1. The van der Waals surface area contributed by atoms with Gasteiger partial charge in [0.25, 0.3) is 11.8 Å². The molecule has 4 amide bonds. The monoisotopic (exact) mass is 763 g/mol. The molecule has 0 spiro atoms. The molecule has 9 nitrogen and oxygen atoms in total. The molecule has 5 aromatic rings. The maximum absolute atomic E-state index is 15.4. The van der Waals surface area contributed by atoms with E-state index in [4.69, 9.17) is 16.3 Å². The number of carbonyl (C=O) groups excluding carboxylic acids is 4. The molecule has 2 saturated heterocycles. The average molecular weight is 764 g/mol. The van der Waals surface area contributed by atoms with Gasteiger partial charge in [-0.2, -0.15) is 5.01 Å². The number of carbonyl (C=O) groups is 4. The first-order valence-electron chi connectivity index (χ1n) is 18.8. The number of amides is 4. The topological polar surface area (TPSA) is 116 Å². The predicted molar refractivity (Wildman–Crippen MR) is 212 cm³/mol. The second-order valence-electron chi connectivity index (χ2n) is 15.1. The van der Waals surface area contributed by atoms with Crippen LogP contribution in [0, 0.1) is 30.6 Å².